The number of hydrogen-bond donors (Lipinski definition) is 2. The molecule has 0 amide bonds. The Bertz CT molecular complexity index is 1250. The number of nitrogens with one attached hydrogen (secondary N) is 1. The summed E-state index contributed by atoms with van der Waals surface area (Å²) in [5, 5.41) is 25.9. The second-order valence-corrected chi connectivity index (χ2v) is 7.37. The van der Waals surface area contributed by atoms with Crippen molar-refractivity contribution in [2.45, 2.75) is 32.4 Å². The van der Waals surface area contributed by atoms with Crippen molar-refractivity contribution in [1.29, 1.82) is 5.26 Å². The summed E-state index contributed by atoms with van der Waals surface area (Å²) < 4.78 is 44.7. The van der Waals surface area contributed by atoms with E-state index in [4.69, 9.17) is 10.00 Å². The van der Waals surface area contributed by atoms with Crippen molar-refractivity contribution in [1.82, 2.24) is 25.1 Å². The fourth-order valence-corrected chi connectivity index (χ4v) is 3.52. The summed E-state index contributed by atoms with van der Waals surface area (Å²) in [7, 11) is 0. The van der Waals surface area contributed by atoms with Crippen LogP contribution in [-0.4, -0.2) is 37.4 Å². The molecule has 12 heteroatoms. The number of nitriles is 1. The lowest BCUT2D eigenvalue weighted by atomic mass is 9.95. The summed E-state index contributed by atoms with van der Waals surface area (Å²) in [6.45, 7) is 2.51. The number of carbonyl (C=O) groups is 1. The Morgan fingerprint density at radius 2 is 2.06 bits per heavy atom. The quantitative estimate of drug-likeness (QED) is 0.539. The fourth-order valence-electron chi connectivity index (χ4n) is 3.52. The van der Waals surface area contributed by atoms with Gasteiger partial charge in [0.25, 0.3) is 0 Å². The van der Waals surface area contributed by atoms with Crippen molar-refractivity contribution < 1.29 is 27.8 Å². The van der Waals surface area contributed by atoms with E-state index in [0.29, 0.717) is 23.2 Å². The van der Waals surface area contributed by atoms with Gasteiger partial charge in [-0.05, 0) is 24.1 Å². The Morgan fingerprint density at radius 3 is 2.70 bits per heavy atom. The lowest BCUT2D eigenvalue weighted by molar-refractivity contribution is -0.141. The number of esters is 1. The average molecular weight is 458 g/mol. The smallest absolute Gasteiger partial charge is 0.436 e. The minimum Gasteiger partial charge on any atom is -0.457 e. The van der Waals surface area contributed by atoms with Crippen LogP contribution in [0.4, 0.5) is 13.2 Å². The molecule has 0 bridgehead atoms. The van der Waals surface area contributed by atoms with Gasteiger partial charge in [-0.3, -0.25) is 0 Å². The molecule has 0 aliphatic carbocycles. The van der Waals surface area contributed by atoms with Gasteiger partial charge in [-0.15, -0.1) is 0 Å². The molecule has 0 fully saturated rings. The Kier molecular flexibility index (Phi) is 5.84. The first-order valence-corrected chi connectivity index (χ1v) is 9.75. The van der Waals surface area contributed by atoms with Crippen LogP contribution in [0.5, 0.6) is 0 Å². The maximum absolute atomic E-state index is 12.9. The predicted molar refractivity (Wildman–Crippen MR) is 106 cm³/mol. The van der Waals surface area contributed by atoms with Gasteiger partial charge in [0.05, 0.1) is 17.9 Å². The summed E-state index contributed by atoms with van der Waals surface area (Å²) in [5.41, 5.74) is 1.46. The Morgan fingerprint density at radius 1 is 1.33 bits per heavy atom. The zero-order valence-corrected chi connectivity index (χ0v) is 17.2. The van der Waals surface area contributed by atoms with Gasteiger partial charge in [0, 0.05) is 36.6 Å². The zero-order valence-electron chi connectivity index (χ0n) is 17.2. The molecule has 1 aliphatic rings. The number of ether oxygens (including phenoxy) is 1. The highest BCUT2D eigenvalue weighted by atomic mass is 19.4. The fraction of sp³-hybridized carbons (Fsp3) is 0.286. The first kappa shape index (κ1) is 22.4. The van der Waals surface area contributed by atoms with Crippen molar-refractivity contribution in [3.63, 3.8) is 0 Å². The highest BCUT2D eigenvalue weighted by Gasteiger charge is 2.37. The number of carbonyl (C=O) groups excluding carboxylic acids is 1. The second kappa shape index (κ2) is 8.61. The summed E-state index contributed by atoms with van der Waals surface area (Å²) >= 11 is 0. The summed E-state index contributed by atoms with van der Waals surface area (Å²) in [6.07, 6.45) is -1.86. The van der Waals surface area contributed by atoms with E-state index in [1.807, 2.05) is 6.92 Å². The van der Waals surface area contributed by atoms with Gasteiger partial charge in [0.2, 0.25) is 5.95 Å². The molecule has 0 saturated heterocycles. The largest absolute Gasteiger partial charge is 0.457 e. The van der Waals surface area contributed by atoms with E-state index in [9.17, 15) is 23.1 Å². The number of benzene rings is 1. The van der Waals surface area contributed by atoms with Crippen molar-refractivity contribution in [2.24, 2.45) is 0 Å². The highest BCUT2D eigenvalue weighted by molar-refractivity contribution is 5.93. The lowest BCUT2D eigenvalue weighted by Crippen LogP contribution is -2.22. The third-order valence-corrected chi connectivity index (χ3v) is 5.23. The van der Waals surface area contributed by atoms with E-state index in [1.54, 1.807) is 12.1 Å². The van der Waals surface area contributed by atoms with Gasteiger partial charge in [0.1, 0.15) is 18.2 Å². The number of aliphatic hydroxyl groups excluding tert-OH is 1. The topological polar surface area (TPSA) is 126 Å². The number of alkyl halides is 3. The Balaban J connectivity index is 1.39. The van der Waals surface area contributed by atoms with Crippen LogP contribution in [0, 0.1) is 18.3 Å². The maximum Gasteiger partial charge on any atom is 0.436 e. The molecule has 0 unspecified atom stereocenters. The molecule has 0 radical (unpaired) electrons. The van der Waals surface area contributed by atoms with E-state index in [2.05, 4.69) is 20.4 Å². The number of fused-ring (bicyclic) bond motifs is 1. The summed E-state index contributed by atoms with van der Waals surface area (Å²) in [6, 6.07) is 4.79. The Hall–Kier alpha value is -3.82. The van der Waals surface area contributed by atoms with Crippen LogP contribution in [0.1, 0.15) is 50.0 Å². The summed E-state index contributed by atoms with van der Waals surface area (Å²) in [5.74, 6) is -0.486. The molecule has 1 aromatic carbocycles. The normalized spacial score (nSPS) is 14.0. The van der Waals surface area contributed by atoms with E-state index < -0.39 is 23.5 Å². The van der Waals surface area contributed by atoms with Gasteiger partial charge in [0.15, 0.2) is 5.69 Å². The number of aliphatic hydroxyl groups is 1. The molecule has 4 rings (SSSR count). The van der Waals surface area contributed by atoms with Crippen LogP contribution >= 0.6 is 0 Å². The van der Waals surface area contributed by atoms with Crippen molar-refractivity contribution in [3.8, 4) is 12.0 Å². The average Bonchev–Trinajstić information content (AvgIpc) is 3.39. The minimum absolute atomic E-state index is 0.115. The van der Waals surface area contributed by atoms with Crippen molar-refractivity contribution in [2.75, 3.05) is 6.54 Å². The molecule has 2 aromatic heterocycles. The van der Waals surface area contributed by atoms with Crippen LogP contribution in [0.3, 0.4) is 0 Å². The highest BCUT2D eigenvalue weighted by Crippen LogP contribution is 2.31. The van der Waals surface area contributed by atoms with Crippen molar-refractivity contribution in [3.05, 3.63) is 69.8 Å². The first-order chi connectivity index (χ1) is 15.7. The molecule has 9 nitrogen and oxygen atoms in total. The van der Waals surface area contributed by atoms with Gasteiger partial charge in [-0.25, -0.2) is 19.4 Å². The van der Waals surface area contributed by atoms with E-state index >= 15 is 0 Å². The number of halogens is 3. The van der Waals surface area contributed by atoms with Crippen LogP contribution < -0.4 is 5.32 Å². The van der Waals surface area contributed by atoms with Crippen molar-refractivity contribution >= 4 is 5.97 Å². The molecule has 33 heavy (non-hydrogen) atoms. The molecule has 0 saturated carbocycles. The second-order valence-electron chi connectivity index (χ2n) is 7.37. The number of nitrogens with zero attached hydrogens (tertiary/aromatic N) is 5. The lowest BCUT2D eigenvalue weighted by Gasteiger charge is -2.16. The number of hydrogen-bond acceptors (Lipinski definition) is 8. The molecular weight excluding hydrogens is 441 g/mol. The van der Waals surface area contributed by atoms with Gasteiger partial charge in [-0.1, -0.05) is 6.07 Å². The van der Waals surface area contributed by atoms with Crippen LogP contribution in [0.25, 0.3) is 5.95 Å². The van der Waals surface area contributed by atoms with Gasteiger partial charge in [-0.2, -0.15) is 23.5 Å². The van der Waals surface area contributed by atoms with Gasteiger partial charge < -0.3 is 15.2 Å². The minimum atomic E-state index is -4.76. The third-order valence-electron chi connectivity index (χ3n) is 5.23. The monoisotopic (exact) mass is 458 g/mol. The van der Waals surface area contributed by atoms with Gasteiger partial charge >= 0.3 is 12.1 Å². The molecule has 1 aliphatic heterocycles. The maximum atomic E-state index is 12.9. The van der Waals surface area contributed by atoms with E-state index in [-0.39, 0.29) is 25.1 Å². The molecule has 1 atom stereocenters. The third kappa shape index (κ3) is 4.41. The molecule has 170 valence electrons. The predicted octanol–water partition coefficient (Wildman–Crippen LogP) is 2.35. The standard InChI is InChI=1S/C21H17F3N6O3/c1-11-14(2-3-15-16(11)10-33-19(15)32)17(31)8-26-5-12-6-27-20(28-7-12)30-9-13(4-25)18(29-30)21(22,23)24/h2-3,6-7,9,17,26,31H,5,8,10H2,1H3/t17-/m0/s1. The SMILES string of the molecule is Cc1c([C@@H](O)CNCc2cnc(-n3cc(C#N)c(C(F)(F)F)n3)nc2)ccc2c1COC2=O. The summed E-state index contributed by atoms with van der Waals surface area (Å²) in [4.78, 5) is 19.6. The molecule has 2 N–H and O–H groups in total. The van der Waals surface area contributed by atoms with Crippen LogP contribution in [-0.2, 0) is 24.1 Å². The van der Waals surface area contributed by atoms with E-state index in [0.717, 1.165) is 22.0 Å². The van der Waals surface area contributed by atoms with Crippen LogP contribution in [0.2, 0.25) is 0 Å². The number of cyclic esters (lactones) is 1. The van der Waals surface area contributed by atoms with E-state index in [1.165, 1.54) is 18.5 Å². The molecule has 0 spiro atoms. The number of aromatic nitrogens is 4. The number of rotatable bonds is 6. The molecule has 3 heterocycles. The Labute approximate surface area is 185 Å². The molecule has 3 aromatic rings. The molecular formula is C21H17F3N6O3. The first-order valence-electron chi connectivity index (χ1n) is 9.75. The van der Waals surface area contributed by atoms with Crippen LogP contribution in [0.15, 0.2) is 30.7 Å². The zero-order chi connectivity index (χ0) is 23.8.